The lowest BCUT2D eigenvalue weighted by molar-refractivity contribution is 0.274. The lowest BCUT2D eigenvalue weighted by Crippen LogP contribution is -2.04. The lowest BCUT2D eigenvalue weighted by atomic mass is 10.1. The van der Waals surface area contributed by atoms with Gasteiger partial charge in [-0.25, -0.2) is 0 Å². The summed E-state index contributed by atoms with van der Waals surface area (Å²) in [5.74, 6) is 6.63. The Bertz CT molecular complexity index is 377. The van der Waals surface area contributed by atoms with Gasteiger partial charge in [-0.05, 0) is 19.2 Å². The van der Waals surface area contributed by atoms with Crippen molar-refractivity contribution < 1.29 is 9.84 Å². The van der Waals surface area contributed by atoms with Crippen LogP contribution in [-0.2, 0) is 6.61 Å². The van der Waals surface area contributed by atoms with Crippen LogP contribution in [0.5, 0.6) is 5.75 Å². The SMILES string of the molecule is CNCC#Cc1ccc(CO)c(OC)c1. The molecule has 1 aromatic carbocycles. The van der Waals surface area contributed by atoms with Crippen LogP contribution in [0, 0.1) is 11.8 Å². The van der Waals surface area contributed by atoms with E-state index in [1.807, 2.05) is 25.2 Å². The van der Waals surface area contributed by atoms with Crippen molar-refractivity contribution >= 4 is 0 Å². The molecule has 1 rings (SSSR count). The molecule has 15 heavy (non-hydrogen) atoms. The van der Waals surface area contributed by atoms with Crippen LogP contribution in [0.4, 0.5) is 0 Å². The van der Waals surface area contributed by atoms with Gasteiger partial charge in [-0.2, -0.15) is 0 Å². The first kappa shape index (κ1) is 11.6. The maximum absolute atomic E-state index is 9.03. The Kier molecular flexibility index (Phi) is 4.69. The second-order valence-corrected chi connectivity index (χ2v) is 3.02. The van der Waals surface area contributed by atoms with Crippen LogP contribution in [0.1, 0.15) is 11.1 Å². The Labute approximate surface area is 90.1 Å². The van der Waals surface area contributed by atoms with E-state index in [1.54, 1.807) is 7.11 Å². The molecular weight excluding hydrogens is 190 g/mol. The molecule has 0 saturated carbocycles. The molecule has 0 radical (unpaired) electrons. The van der Waals surface area contributed by atoms with Crippen molar-refractivity contribution in [3.05, 3.63) is 29.3 Å². The summed E-state index contributed by atoms with van der Waals surface area (Å²) in [5.41, 5.74) is 1.66. The maximum Gasteiger partial charge on any atom is 0.125 e. The second kappa shape index (κ2) is 6.07. The zero-order valence-electron chi connectivity index (χ0n) is 9.00. The Morgan fingerprint density at radius 3 is 2.87 bits per heavy atom. The molecule has 0 heterocycles. The highest BCUT2D eigenvalue weighted by atomic mass is 16.5. The van der Waals surface area contributed by atoms with Crippen LogP contribution in [0.2, 0.25) is 0 Å². The van der Waals surface area contributed by atoms with E-state index >= 15 is 0 Å². The molecule has 0 atom stereocenters. The van der Waals surface area contributed by atoms with Crippen molar-refractivity contribution in [3.63, 3.8) is 0 Å². The monoisotopic (exact) mass is 205 g/mol. The van der Waals surface area contributed by atoms with E-state index in [1.165, 1.54) is 0 Å². The first-order chi connectivity index (χ1) is 7.31. The number of aliphatic hydroxyl groups is 1. The predicted molar refractivity (Wildman–Crippen MR) is 59.7 cm³/mol. The van der Waals surface area contributed by atoms with Gasteiger partial charge in [0.1, 0.15) is 5.75 Å². The van der Waals surface area contributed by atoms with Crippen LogP contribution in [0.3, 0.4) is 0 Å². The van der Waals surface area contributed by atoms with Gasteiger partial charge in [0.15, 0.2) is 0 Å². The van der Waals surface area contributed by atoms with E-state index in [2.05, 4.69) is 17.2 Å². The van der Waals surface area contributed by atoms with Crippen molar-refractivity contribution in [1.29, 1.82) is 0 Å². The van der Waals surface area contributed by atoms with Crippen molar-refractivity contribution in [2.45, 2.75) is 6.61 Å². The summed E-state index contributed by atoms with van der Waals surface area (Å²) in [6.07, 6.45) is 0. The molecule has 0 aliphatic carbocycles. The summed E-state index contributed by atoms with van der Waals surface area (Å²) in [5, 5.41) is 12.0. The standard InChI is InChI=1S/C12H15NO2/c1-13-7-3-4-10-5-6-11(9-14)12(8-10)15-2/h5-6,8,13-14H,7,9H2,1-2H3. The van der Waals surface area contributed by atoms with Crippen LogP contribution < -0.4 is 10.1 Å². The van der Waals surface area contributed by atoms with E-state index in [9.17, 15) is 0 Å². The van der Waals surface area contributed by atoms with Crippen LogP contribution in [0.25, 0.3) is 0 Å². The number of rotatable bonds is 3. The summed E-state index contributed by atoms with van der Waals surface area (Å²) >= 11 is 0. The predicted octanol–water partition coefficient (Wildman–Crippen LogP) is 0.758. The molecule has 80 valence electrons. The molecular formula is C12H15NO2. The number of hydrogen-bond acceptors (Lipinski definition) is 3. The summed E-state index contributed by atoms with van der Waals surface area (Å²) in [4.78, 5) is 0. The van der Waals surface area contributed by atoms with Gasteiger partial charge in [0.05, 0.1) is 20.3 Å². The van der Waals surface area contributed by atoms with Crippen LogP contribution in [-0.4, -0.2) is 25.8 Å². The van der Waals surface area contributed by atoms with Gasteiger partial charge in [-0.1, -0.05) is 17.9 Å². The number of benzene rings is 1. The average molecular weight is 205 g/mol. The summed E-state index contributed by atoms with van der Waals surface area (Å²) in [6, 6.07) is 5.52. The third kappa shape index (κ3) is 3.28. The Morgan fingerprint density at radius 2 is 2.27 bits per heavy atom. The zero-order chi connectivity index (χ0) is 11.1. The fourth-order valence-corrected chi connectivity index (χ4v) is 1.19. The number of ether oxygens (including phenoxy) is 1. The van der Waals surface area contributed by atoms with Gasteiger partial charge < -0.3 is 15.2 Å². The Balaban J connectivity index is 2.89. The average Bonchev–Trinajstić information content (AvgIpc) is 2.29. The van der Waals surface area contributed by atoms with E-state index in [4.69, 9.17) is 9.84 Å². The normalized spacial score (nSPS) is 9.27. The highest BCUT2D eigenvalue weighted by Crippen LogP contribution is 2.19. The minimum absolute atomic E-state index is 0.0204. The van der Waals surface area contributed by atoms with E-state index in [0.29, 0.717) is 12.3 Å². The van der Waals surface area contributed by atoms with Gasteiger partial charge >= 0.3 is 0 Å². The summed E-state index contributed by atoms with van der Waals surface area (Å²) < 4.78 is 5.14. The third-order valence-electron chi connectivity index (χ3n) is 1.96. The topological polar surface area (TPSA) is 41.5 Å². The Hall–Kier alpha value is -1.50. The van der Waals surface area contributed by atoms with Crippen LogP contribution in [0.15, 0.2) is 18.2 Å². The molecule has 0 aliphatic rings. The molecule has 0 saturated heterocycles. The van der Waals surface area contributed by atoms with Crippen molar-refractivity contribution in [1.82, 2.24) is 5.32 Å². The van der Waals surface area contributed by atoms with E-state index in [0.717, 1.165) is 11.1 Å². The molecule has 3 heteroatoms. The molecule has 1 aromatic rings. The molecule has 0 aliphatic heterocycles. The second-order valence-electron chi connectivity index (χ2n) is 3.02. The van der Waals surface area contributed by atoms with Gasteiger partial charge in [-0.15, -0.1) is 0 Å². The minimum Gasteiger partial charge on any atom is -0.496 e. The summed E-state index contributed by atoms with van der Waals surface area (Å²) in [7, 11) is 3.43. The smallest absolute Gasteiger partial charge is 0.125 e. The number of aliphatic hydroxyl groups excluding tert-OH is 1. The zero-order valence-corrected chi connectivity index (χ0v) is 9.00. The molecule has 0 bridgehead atoms. The molecule has 0 unspecified atom stereocenters. The Morgan fingerprint density at radius 1 is 1.47 bits per heavy atom. The van der Waals surface area contributed by atoms with Gasteiger partial charge in [-0.3, -0.25) is 0 Å². The van der Waals surface area contributed by atoms with Crippen molar-refractivity contribution in [2.75, 3.05) is 20.7 Å². The van der Waals surface area contributed by atoms with Gasteiger partial charge in [0, 0.05) is 11.1 Å². The number of nitrogens with one attached hydrogen (secondary N) is 1. The molecule has 0 fully saturated rings. The van der Waals surface area contributed by atoms with Crippen LogP contribution >= 0.6 is 0 Å². The minimum atomic E-state index is -0.0204. The first-order valence-corrected chi connectivity index (χ1v) is 4.73. The van der Waals surface area contributed by atoms with Crippen molar-refractivity contribution in [3.8, 4) is 17.6 Å². The number of methoxy groups -OCH3 is 1. The van der Waals surface area contributed by atoms with Gasteiger partial charge in [0.2, 0.25) is 0 Å². The highest BCUT2D eigenvalue weighted by molar-refractivity contribution is 5.44. The lowest BCUT2D eigenvalue weighted by Gasteiger charge is -2.05. The van der Waals surface area contributed by atoms with Gasteiger partial charge in [0.25, 0.3) is 0 Å². The fourth-order valence-electron chi connectivity index (χ4n) is 1.19. The number of hydrogen-bond donors (Lipinski definition) is 2. The summed E-state index contributed by atoms with van der Waals surface area (Å²) in [6.45, 7) is 0.636. The fraction of sp³-hybridized carbons (Fsp3) is 0.333. The largest absolute Gasteiger partial charge is 0.496 e. The molecule has 2 N–H and O–H groups in total. The molecule has 0 aromatic heterocycles. The first-order valence-electron chi connectivity index (χ1n) is 4.73. The van der Waals surface area contributed by atoms with E-state index in [-0.39, 0.29) is 6.61 Å². The molecule has 0 spiro atoms. The molecule has 0 amide bonds. The quantitative estimate of drug-likeness (QED) is 0.716. The van der Waals surface area contributed by atoms with Crippen molar-refractivity contribution in [2.24, 2.45) is 0 Å². The third-order valence-corrected chi connectivity index (χ3v) is 1.96. The highest BCUT2D eigenvalue weighted by Gasteiger charge is 2.01. The maximum atomic E-state index is 9.03. The molecule has 3 nitrogen and oxygen atoms in total. The van der Waals surface area contributed by atoms with E-state index < -0.39 is 0 Å².